The summed E-state index contributed by atoms with van der Waals surface area (Å²) in [5.74, 6) is 0. The standard InChI is InChI=1S/C5H11O.C2H5.Al.H/c1-3-4-5-6-2;1-2;;/h1,3-5H2,2H3;1H2,2H3;;. The average Bonchev–Trinajstić information content (AvgIpc) is 1.89. The summed E-state index contributed by atoms with van der Waals surface area (Å²) in [5.41, 5.74) is 0. The van der Waals surface area contributed by atoms with E-state index in [2.05, 4.69) is 6.92 Å². The molecule has 0 aliphatic carbocycles. The third-order valence-corrected chi connectivity index (χ3v) is 3.16. The van der Waals surface area contributed by atoms with E-state index in [0.717, 1.165) is 6.61 Å². The summed E-state index contributed by atoms with van der Waals surface area (Å²) in [5, 5.41) is 2.98. The topological polar surface area (TPSA) is 9.23 Å². The van der Waals surface area contributed by atoms with Gasteiger partial charge in [0.2, 0.25) is 15.2 Å². The lowest BCUT2D eigenvalue weighted by atomic mass is 10.4. The van der Waals surface area contributed by atoms with Crippen molar-refractivity contribution in [3.8, 4) is 0 Å². The molecular weight excluding hydrogens is 127 g/mol. The fraction of sp³-hybridized carbons (Fsp3) is 1.00. The van der Waals surface area contributed by atoms with Crippen LogP contribution in [0.1, 0.15) is 19.8 Å². The van der Waals surface area contributed by atoms with E-state index in [-0.39, 0.29) is 0 Å². The van der Waals surface area contributed by atoms with Crippen LogP contribution in [-0.4, -0.2) is 28.9 Å². The lowest BCUT2D eigenvalue weighted by Gasteiger charge is -1.95. The monoisotopic (exact) mass is 144 g/mol. The molecule has 54 valence electrons. The smallest absolute Gasteiger partial charge is 0.236 e. The highest BCUT2D eigenvalue weighted by atomic mass is 27.1. The Labute approximate surface area is 64.5 Å². The molecule has 0 fully saturated rings. The Balaban J connectivity index is 2.60. The first-order chi connectivity index (χ1) is 4.41. The van der Waals surface area contributed by atoms with Crippen molar-refractivity contribution >= 4 is 15.2 Å². The fourth-order valence-electron chi connectivity index (χ4n) is 0.850. The van der Waals surface area contributed by atoms with Gasteiger partial charge in [-0.05, 0) is 6.42 Å². The summed E-state index contributed by atoms with van der Waals surface area (Å²) in [6.07, 6.45) is 2.66. The fourth-order valence-corrected chi connectivity index (χ4v) is 2.06. The van der Waals surface area contributed by atoms with Gasteiger partial charge >= 0.3 is 0 Å². The number of hydrogen-bond acceptors (Lipinski definition) is 1. The zero-order valence-corrected chi connectivity index (χ0v) is 8.07. The van der Waals surface area contributed by atoms with Gasteiger partial charge in [0.1, 0.15) is 0 Å². The number of rotatable bonds is 6. The molecule has 0 rings (SSSR count). The highest BCUT2D eigenvalue weighted by Gasteiger charge is 1.89. The summed E-state index contributed by atoms with van der Waals surface area (Å²) in [6, 6.07) is 0. The van der Waals surface area contributed by atoms with Crippen molar-refractivity contribution in [2.75, 3.05) is 13.7 Å². The lowest BCUT2D eigenvalue weighted by molar-refractivity contribution is 0.194. The highest BCUT2D eigenvalue weighted by Crippen LogP contribution is 1.96. The molecule has 0 aromatic rings. The second-order valence-electron chi connectivity index (χ2n) is 2.41. The van der Waals surface area contributed by atoms with Gasteiger partial charge in [-0.1, -0.05) is 18.6 Å². The van der Waals surface area contributed by atoms with Gasteiger partial charge in [0.25, 0.3) is 0 Å². The van der Waals surface area contributed by atoms with Crippen LogP contribution in [0.15, 0.2) is 0 Å². The minimum absolute atomic E-state index is 0.338. The minimum Gasteiger partial charge on any atom is -0.385 e. The van der Waals surface area contributed by atoms with E-state index in [0.29, 0.717) is 15.2 Å². The molecule has 0 aliphatic heterocycles. The largest absolute Gasteiger partial charge is 0.385 e. The average molecular weight is 144 g/mol. The molecule has 0 heterocycles. The molecule has 0 aliphatic rings. The van der Waals surface area contributed by atoms with Crippen LogP contribution in [0.5, 0.6) is 0 Å². The zero-order chi connectivity index (χ0) is 6.95. The molecule has 0 aromatic carbocycles. The first-order valence-electron chi connectivity index (χ1n) is 3.90. The Morgan fingerprint density at radius 3 is 2.67 bits per heavy atom. The van der Waals surface area contributed by atoms with Gasteiger partial charge in [0.15, 0.2) is 0 Å². The summed E-state index contributed by atoms with van der Waals surface area (Å²) >= 11 is 0.338. The first-order valence-corrected chi connectivity index (χ1v) is 5.90. The zero-order valence-electron chi connectivity index (χ0n) is 6.65. The minimum atomic E-state index is 0.338. The van der Waals surface area contributed by atoms with Gasteiger partial charge in [-0.3, -0.25) is 0 Å². The van der Waals surface area contributed by atoms with E-state index in [1.54, 1.807) is 7.11 Å². The van der Waals surface area contributed by atoms with E-state index in [4.69, 9.17) is 4.74 Å². The molecule has 0 N–H and O–H groups in total. The Morgan fingerprint density at radius 1 is 1.33 bits per heavy atom. The van der Waals surface area contributed by atoms with Gasteiger partial charge in [0, 0.05) is 13.7 Å². The predicted molar refractivity (Wildman–Crippen MR) is 43.5 cm³/mol. The van der Waals surface area contributed by atoms with Crippen LogP contribution in [0, 0.1) is 0 Å². The molecule has 0 saturated carbocycles. The first kappa shape index (κ1) is 9.49. The Kier molecular flexibility index (Phi) is 8.96. The van der Waals surface area contributed by atoms with Crippen LogP contribution >= 0.6 is 0 Å². The van der Waals surface area contributed by atoms with Gasteiger partial charge in [-0.25, -0.2) is 0 Å². The summed E-state index contributed by atoms with van der Waals surface area (Å²) in [4.78, 5) is 0. The Bertz CT molecular complexity index is 42.2. The van der Waals surface area contributed by atoms with Crippen molar-refractivity contribution in [3.05, 3.63) is 0 Å². The van der Waals surface area contributed by atoms with E-state index in [9.17, 15) is 0 Å². The second-order valence-corrected chi connectivity index (χ2v) is 4.82. The van der Waals surface area contributed by atoms with Crippen LogP contribution in [-0.2, 0) is 4.74 Å². The van der Waals surface area contributed by atoms with E-state index in [1.165, 1.54) is 23.4 Å². The number of methoxy groups -OCH3 is 1. The molecule has 0 amide bonds. The van der Waals surface area contributed by atoms with Crippen molar-refractivity contribution in [1.29, 1.82) is 0 Å². The van der Waals surface area contributed by atoms with Crippen LogP contribution in [0.25, 0.3) is 0 Å². The quantitative estimate of drug-likeness (QED) is 0.407. The molecule has 0 spiro atoms. The summed E-state index contributed by atoms with van der Waals surface area (Å²) in [7, 11) is 1.78. The van der Waals surface area contributed by atoms with Gasteiger partial charge in [0.05, 0.1) is 0 Å². The van der Waals surface area contributed by atoms with Crippen molar-refractivity contribution in [2.45, 2.75) is 30.3 Å². The summed E-state index contributed by atoms with van der Waals surface area (Å²) in [6.45, 7) is 3.25. The lowest BCUT2D eigenvalue weighted by Crippen LogP contribution is -1.90. The maximum Gasteiger partial charge on any atom is 0.236 e. The molecule has 2 heteroatoms. The SMILES string of the molecule is C[CH2][AlH][CH2]CCCOC. The molecule has 0 bridgehead atoms. The normalized spacial score (nSPS) is 9.56. The maximum absolute atomic E-state index is 4.94. The van der Waals surface area contributed by atoms with Crippen molar-refractivity contribution < 1.29 is 4.74 Å². The van der Waals surface area contributed by atoms with Crippen LogP contribution in [0.2, 0.25) is 10.6 Å². The molecule has 0 saturated heterocycles. The van der Waals surface area contributed by atoms with Gasteiger partial charge < -0.3 is 4.74 Å². The second kappa shape index (κ2) is 8.49. The molecule has 0 unspecified atom stereocenters. The Morgan fingerprint density at radius 2 is 2.11 bits per heavy atom. The number of ether oxygens (including phenoxy) is 1. The van der Waals surface area contributed by atoms with Crippen molar-refractivity contribution in [1.82, 2.24) is 0 Å². The van der Waals surface area contributed by atoms with E-state index >= 15 is 0 Å². The van der Waals surface area contributed by atoms with Crippen molar-refractivity contribution in [2.24, 2.45) is 0 Å². The molecule has 0 aromatic heterocycles. The molecular formula is C7H17AlO. The third-order valence-electron chi connectivity index (χ3n) is 1.45. The molecule has 1 nitrogen and oxygen atoms in total. The van der Waals surface area contributed by atoms with Crippen molar-refractivity contribution in [3.63, 3.8) is 0 Å². The third kappa shape index (κ3) is 8.49. The summed E-state index contributed by atoms with van der Waals surface area (Å²) < 4.78 is 4.94. The van der Waals surface area contributed by atoms with E-state index < -0.39 is 0 Å². The predicted octanol–water partition coefficient (Wildman–Crippen LogP) is 1.71. The molecule has 9 heavy (non-hydrogen) atoms. The van der Waals surface area contributed by atoms with Gasteiger partial charge in [-0.15, -0.1) is 5.28 Å². The molecule has 0 radical (unpaired) electrons. The molecule has 0 atom stereocenters. The Hall–Kier alpha value is 0.492. The number of unbranched alkanes of at least 4 members (excludes halogenated alkanes) is 1. The number of hydrogen-bond donors (Lipinski definition) is 0. The van der Waals surface area contributed by atoms with Gasteiger partial charge in [-0.2, -0.15) is 0 Å². The maximum atomic E-state index is 4.94. The van der Waals surface area contributed by atoms with Crippen LogP contribution in [0.3, 0.4) is 0 Å². The highest BCUT2D eigenvalue weighted by molar-refractivity contribution is 6.35. The van der Waals surface area contributed by atoms with Crippen LogP contribution in [0.4, 0.5) is 0 Å². The van der Waals surface area contributed by atoms with Crippen LogP contribution < -0.4 is 0 Å². The van der Waals surface area contributed by atoms with E-state index in [1.807, 2.05) is 0 Å².